The zero-order valence-electron chi connectivity index (χ0n) is 31.9. The number of nitrogens with zero attached hydrogens (tertiary/aromatic N) is 1. The first-order valence-electron chi connectivity index (χ1n) is 19.1. The van der Waals surface area contributed by atoms with Gasteiger partial charge in [0.05, 0.1) is 18.8 Å². The van der Waals surface area contributed by atoms with Crippen molar-refractivity contribution in [2.45, 2.75) is 116 Å². The summed E-state index contributed by atoms with van der Waals surface area (Å²) in [6.07, 6.45) is 3.51. The molecule has 2 aliphatic heterocycles. The zero-order chi connectivity index (χ0) is 38.0. The van der Waals surface area contributed by atoms with E-state index in [1.165, 1.54) is 6.92 Å². The molecule has 0 aromatic heterocycles. The summed E-state index contributed by atoms with van der Waals surface area (Å²) in [6.45, 7) is 11.7. The third-order valence-electron chi connectivity index (χ3n) is 10.0. The van der Waals surface area contributed by atoms with E-state index in [0.717, 1.165) is 72.0 Å². The molecule has 10 nitrogen and oxygen atoms in total. The van der Waals surface area contributed by atoms with Gasteiger partial charge in [-0.25, -0.2) is 0 Å². The van der Waals surface area contributed by atoms with E-state index in [4.69, 9.17) is 14.2 Å². The Kier molecular flexibility index (Phi) is 14.2. The van der Waals surface area contributed by atoms with E-state index in [1.807, 2.05) is 75.4 Å². The van der Waals surface area contributed by atoms with Gasteiger partial charge in [0.1, 0.15) is 11.6 Å². The molecule has 2 amide bonds. The third kappa shape index (κ3) is 11.5. The number of carbonyl (C=O) groups excluding carboxylic acids is 3. The number of hydrogen-bond acceptors (Lipinski definition) is 8. The first kappa shape index (κ1) is 40.1. The summed E-state index contributed by atoms with van der Waals surface area (Å²) in [6, 6.07) is 23.8. The van der Waals surface area contributed by atoms with Crippen LogP contribution >= 0.6 is 0 Å². The molecule has 2 heterocycles. The number of ether oxygens (including phenoxy) is 3. The minimum Gasteiger partial charge on any atom is -0.459 e. The highest BCUT2D eigenvalue weighted by Crippen LogP contribution is 2.43. The molecule has 0 spiro atoms. The molecule has 286 valence electrons. The number of carbonyl (C=O) groups is 3. The highest BCUT2D eigenvalue weighted by Gasteiger charge is 2.42. The summed E-state index contributed by atoms with van der Waals surface area (Å²) >= 11 is 0. The number of nitrogens with one attached hydrogen (secondary N) is 2. The Balaban J connectivity index is 1.28. The van der Waals surface area contributed by atoms with Crippen LogP contribution in [0.3, 0.4) is 0 Å². The van der Waals surface area contributed by atoms with E-state index in [2.05, 4.69) is 40.7 Å². The molecule has 5 rings (SSSR count). The highest BCUT2D eigenvalue weighted by molar-refractivity contribution is 5.77. The van der Waals surface area contributed by atoms with Crippen molar-refractivity contribution >= 4 is 17.8 Å². The molecule has 3 N–H and O–H groups in total. The highest BCUT2D eigenvalue weighted by atomic mass is 16.7. The summed E-state index contributed by atoms with van der Waals surface area (Å²) in [4.78, 5) is 39.0. The van der Waals surface area contributed by atoms with Crippen LogP contribution in [-0.4, -0.2) is 65.2 Å². The van der Waals surface area contributed by atoms with E-state index in [9.17, 15) is 19.5 Å². The molecule has 2 fully saturated rings. The summed E-state index contributed by atoms with van der Waals surface area (Å²) in [5, 5.41) is 15.5. The zero-order valence-corrected chi connectivity index (χ0v) is 31.9. The molecule has 10 heteroatoms. The second-order valence-electron chi connectivity index (χ2n) is 15.4. The number of amides is 2. The van der Waals surface area contributed by atoms with Crippen LogP contribution in [-0.2, 0) is 41.7 Å². The number of esters is 1. The fraction of sp³-hybridized carbons (Fsp3) is 0.512. The van der Waals surface area contributed by atoms with Crippen molar-refractivity contribution < 1.29 is 33.7 Å². The molecule has 3 aromatic rings. The Hall–Kier alpha value is -4.09. The Morgan fingerprint density at radius 1 is 0.906 bits per heavy atom. The van der Waals surface area contributed by atoms with Crippen molar-refractivity contribution in [3.8, 4) is 11.1 Å². The number of benzene rings is 3. The molecule has 0 radical (unpaired) electrons. The van der Waals surface area contributed by atoms with E-state index in [0.29, 0.717) is 26.1 Å². The maximum atomic E-state index is 13.2. The smallest absolute Gasteiger partial charge is 0.323 e. The van der Waals surface area contributed by atoms with Gasteiger partial charge in [0.15, 0.2) is 6.29 Å². The maximum Gasteiger partial charge on any atom is 0.323 e. The maximum absolute atomic E-state index is 13.2. The molecule has 0 saturated carbocycles. The van der Waals surface area contributed by atoms with Gasteiger partial charge in [0.2, 0.25) is 11.8 Å². The van der Waals surface area contributed by atoms with Crippen molar-refractivity contribution in [1.82, 2.24) is 15.5 Å². The summed E-state index contributed by atoms with van der Waals surface area (Å²) in [5.74, 6) is -0.226. The van der Waals surface area contributed by atoms with Crippen LogP contribution < -0.4 is 10.6 Å². The fourth-order valence-electron chi connectivity index (χ4n) is 7.15. The lowest BCUT2D eigenvalue weighted by Gasteiger charge is -2.43. The van der Waals surface area contributed by atoms with Gasteiger partial charge >= 0.3 is 5.97 Å². The number of aliphatic hydroxyl groups is 1. The molecule has 2 saturated heterocycles. The molecule has 0 bridgehead atoms. The van der Waals surface area contributed by atoms with Crippen molar-refractivity contribution in [3.63, 3.8) is 0 Å². The monoisotopic (exact) mass is 727 g/mol. The van der Waals surface area contributed by atoms with E-state index in [1.54, 1.807) is 0 Å². The van der Waals surface area contributed by atoms with Crippen molar-refractivity contribution in [3.05, 3.63) is 95.1 Å². The number of hydrogen-bond donors (Lipinski definition) is 3. The Morgan fingerprint density at radius 2 is 1.62 bits per heavy atom. The fourth-order valence-corrected chi connectivity index (χ4v) is 7.15. The number of rotatable bonds is 15. The van der Waals surface area contributed by atoms with Crippen LogP contribution in [0.2, 0.25) is 0 Å². The van der Waals surface area contributed by atoms with Crippen molar-refractivity contribution in [1.29, 1.82) is 0 Å². The Labute approximate surface area is 314 Å². The second kappa shape index (κ2) is 18.8. The number of aliphatic hydroxyl groups excluding tert-OH is 1. The first-order valence-corrected chi connectivity index (χ1v) is 19.1. The predicted molar refractivity (Wildman–Crippen MR) is 204 cm³/mol. The number of unbranched alkanes of at least 4 members (excludes halogenated alkanes) is 2. The Bertz CT molecular complexity index is 1650. The lowest BCUT2D eigenvalue weighted by atomic mass is 9.89. The van der Waals surface area contributed by atoms with Crippen LogP contribution in [0.15, 0.2) is 72.8 Å². The van der Waals surface area contributed by atoms with Gasteiger partial charge in [-0.1, -0.05) is 86.1 Å². The van der Waals surface area contributed by atoms with Crippen LogP contribution in [0.25, 0.3) is 11.1 Å². The average molecular weight is 728 g/mol. The van der Waals surface area contributed by atoms with Gasteiger partial charge in [-0.2, -0.15) is 0 Å². The van der Waals surface area contributed by atoms with Gasteiger partial charge < -0.3 is 30.0 Å². The Morgan fingerprint density at radius 3 is 2.32 bits per heavy atom. The summed E-state index contributed by atoms with van der Waals surface area (Å²) in [5.41, 5.74) is 5.26. The molecule has 5 unspecified atom stereocenters. The summed E-state index contributed by atoms with van der Waals surface area (Å²) < 4.78 is 19.3. The van der Waals surface area contributed by atoms with Gasteiger partial charge in [0.25, 0.3) is 0 Å². The minimum absolute atomic E-state index is 0.0111. The predicted octanol–water partition coefficient (Wildman–Crippen LogP) is 6.76. The molecular weight excluding hydrogens is 670 g/mol. The molecular formula is C43H57N3O7. The van der Waals surface area contributed by atoms with Gasteiger partial charge in [-0.05, 0) is 80.8 Å². The average Bonchev–Trinajstić information content (AvgIpc) is 3.61. The topological polar surface area (TPSA) is 126 Å². The van der Waals surface area contributed by atoms with Gasteiger partial charge in [-0.3, -0.25) is 19.3 Å². The van der Waals surface area contributed by atoms with Gasteiger partial charge in [-0.15, -0.1) is 0 Å². The van der Waals surface area contributed by atoms with Crippen LogP contribution in [0, 0.1) is 5.92 Å². The normalized spacial score (nSPS) is 22.0. The van der Waals surface area contributed by atoms with Crippen LogP contribution in [0.5, 0.6) is 0 Å². The lowest BCUT2D eigenvalue weighted by Crippen LogP contribution is -2.48. The molecule has 0 aliphatic carbocycles. The molecule has 53 heavy (non-hydrogen) atoms. The third-order valence-corrected chi connectivity index (χ3v) is 10.0. The van der Waals surface area contributed by atoms with Crippen LogP contribution in [0.4, 0.5) is 0 Å². The quantitative estimate of drug-likeness (QED) is 0.116. The van der Waals surface area contributed by atoms with E-state index >= 15 is 0 Å². The van der Waals surface area contributed by atoms with Crippen LogP contribution in [0.1, 0.15) is 108 Å². The van der Waals surface area contributed by atoms with Crippen molar-refractivity contribution in [2.24, 2.45) is 5.92 Å². The van der Waals surface area contributed by atoms with Crippen molar-refractivity contribution in [2.75, 3.05) is 19.6 Å². The van der Waals surface area contributed by atoms with Gasteiger partial charge in [0, 0.05) is 44.5 Å². The van der Waals surface area contributed by atoms with E-state index in [-0.39, 0.29) is 48.6 Å². The molecule has 5 atom stereocenters. The number of likely N-dealkylation sites (tertiary alicyclic amines) is 1. The first-order chi connectivity index (χ1) is 25.4. The SMILES string of the molecule is CC(=O)NCCCCCC(=O)NCc1ccccc1-c1ccc(C2OC(CN3CCCC3C(=O)OC(C)(C)C)C(C)C(c3ccc(CO)cc3)O2)cc1. The molecule has 3 aromatic carbocycles. The second-order valence-corrected chi connectivity index (χ2v) is 15.4. The minimum atomic E-state index is -0.636. The lowest BCUT2D eigenvalue weighted by molar-refractivity contribution is -0.276. The standard InChI is InChI=1S/C43H57N3O7/c1-29-38(27-46-25-11-14-37(46)41(50)53-43(3,4)5)51-42(52-40(29)33-18-16-31(28-47)17-19-33)34-22-20-32(21-23-34)36-13-9-8-12-35(36)26-45-39(49)15-7-6-10-24-44-30(2)48/h8-9,12-13,16-23,29,37-38,40,42,47H,6-7,10-11,14-15,24-28H2,1-5H3,(H,44,48)(H,45,49). The van der Waals surface area contributed by atoms with E-state index < -0.39 is 11.9 Å². The molecule has 2 aliphatic rings. The summed E-state index contributed by atoms with van der Waals surface area (Å²) in [7, 11) is 0. The largest absolute Gasteiger partial charge is 0.459 e.